The summed E-state index contributed by atoms with van der Waals surface area (Å²) in [6.07, 6.45) is 1.38. The highest BCUT2D eigenvalue weighted by Crippen LogP contribution is 2.13. The second kappa shape index (κ2) is 11.1. The van der Waals surface area contributed by atoms with Gasteiger partial charge in [0.2, 0.25) is 10.0 Å². The molecular formula is C20H29N5O4S. The summed E-state index contributed by atoms with van der Waals surface area (Å²) in [5, 5.41) is 6.98. The number of aromatic nitrogens is 1. The van der Waals surface area contributed by atoms with E-state index in [1.807, 2.05) is 37.3 Å². The van der Waals surface area contributed by atoms with Crippen LogP contribution < -0.4 is 5.32 Å². The summed E-state index contributed by atoms with van der Waals surface area (Å²) < 4.78 is 37.1. The summed E-state index contributed by atoms with van der Waals surface area (Å²) in [6.45, 7) is 6.37. The Morgan fingerprint density at radius 1 is 1.20 bits per heavy atom. The molecule has 1 N–H and O–H groups in total. The van der Waals surface area contributed by atoms with Gasteiger partial charge in [-0.2, -0.15) is 4.31 Å². The maximum Gasteiger partial charge on any atom is 0.220 e. The van der Waals surface area contributed by atoms with E-state index in [-0.39, 0.29) is 5.75 Å². The van der Waals surface area contributed by atoms with Crippen molar-refractivity contribution in [1.29, 1.82) is 0 Å². The van der Waals surface area contributed by atoms with Gasteiger partial charge in [0, 0.05) is 38.8 Å². The molecule has 2 heterocycles. The Bertz CT molecular complexity index is 879. The lowest BCUT2D eigenvalue weighted by Gasteiger charge is -2.35. The lowest BCUT2D eigenvalue weighted by Crippen LogP contribution is -2.54. The molecule has 1 fully saturated rings. The highest BCUT2D eigenvalue weighted by Gasteiger charge is 2.28. The molecule has 30 heavy (non-hydrogen) atoms. The maximum atomic E-state index is 12.6. The van der Waals surface area contributed by atoms with Crippen LogP contribution in [-0.4, -0.2) is 74.6 Å². The zero-order chi connectivity index (χ0) is 21.2. The predicted molar refractivity (Wildman–Crippen MR) is 114 cm³/mol. The fourth-order valence-electron chi connectivity index (χ4n) is 3.17. The number of hydrogen-bond acceptors (Lipinski definition) is 6. The van der Waals surface area contributed by atoms with Crippen LogP contribution in [0.2, 0.25) is 0 Å². The minimum absolute atomic E-state index is 0.142. The Morgan fingerprint density at radius 2 is 1.97 bits per heavy atom. The molecular weight excluding hydrogens is 406 g/mol. The van der Waals surface area contributed by atoms with Crippen LogP contribution in [0.25, 0.3) is 0 Å². The fourth-order valence-corrected chi connectivity index (χ4v) is 4.60. The molecule has 0 spiro atoms. The first-order valence-electron chi connectivity index (χ1n) is 10.1. The molecule has 0 atom stereocenters. The van der Waals surface area contributed by atoms with Crippen LogP contribution in [0.4, 0.5) is 0 Å². The summed E-state index contributed by atoms with van der Waals surface area (Å²) in [6, 6.07) is 11.6. The molecule has 0 bridgehead atoms. The molecule has 164 valence electrons. The van der Waals surface area contributed by atoms with E-state index in [0.29, 0.717) is 51.6 Å². The zero-order valence-corrected chi connectivity index (χ0v) is 18.1. The standard InChI is InChI=1S/C20H29N5O4S/c1-2-21-20(22-9-15-28-16-18-6-4-3-5-7-18)24-10-12-25(13-11-24)30(26,27)17-19-8-14-29-23-19/h3-8,14H,2,9-13,15-17H2,1H3,(H,21,22). The van der Waals surface area contributed by atoms with Gasteiger partial charge in [0.25, 0.3) is 0 Å². The van der Waals surface area contributed by atoms with Gasteiger partial charge in [0.15, 0.2) is 5.96 Å². The van der Waals surface area contributed by atoms with Gasteiger partial charge in [-0.3, -0.25) is 4.99 Å². The van der Waals surface area contributed by atoms with Crippen LogP contribution in [0.3, 0.4) is 0 Å². The van der Waals surface area contributed by atoms with Crippen molar-refractivity contribution in [3.8, 4) is 0 Å². The van der Waals surface area contributed by atoms with Crippen molar-refractivity contribution >= 4 is 16.0 Å². The fraction of sp³-hybridized carbons (Fsp3) is 0.500. The molecule has 1 aromatic carbocycles. The molecule has 9 nitrogen and oxygen atoms in total. The number of hydrogen-bond donors (Lipinski definition) is 1. The first-order chi connectivity index (χ1) is 14.6. The van der Waals surface area contributed by atoms with E-state index < -0.39 is 10.0 Å². The van der Waals surface area contributed by atoms with Crippen molar-refractivity contribution in [2.24, 2.45) is 4.99 Å². The van der Waals surface area contributed by atoms with Gasteiger partial charge in [0.05, 0.1) is 25.5 Å². The SMILES string of the molecule is CCNC(=NCCOCc1ccccc1)N1CCN(S(=O)(=O)Cc2ccon2)CC1. The van der Waals surface area contributed by atoms with E-state index in [9.17, 15) is 8.42 Å². The van der Waals surface area contributed by atoms with Crippen molar-refractivity contribution in [1.82, 2.24) is 19.7 Å². The molecule has 1 aliphatic rings. The lowest BCUT2D eigenvalue weighted by atomic mass is 10.2. The van der Waals surface area contributed by atoms with Gasteiger partial charge in [-0.05, 0) is 12.5 Å². The molecule has 1 aliphatic heterocycles. The number of ether oxygens (including phenoxy) is 1. The summed E-state index contributed by atoms with van der Waals surface area (Å²) >= 11 is 0. The predicted octanol–water partition coefficient (Wildman–Crippen LogP) is 1.30. The summed E-state index contributed by atoms with van der Waals surface area (Å²) in [7, 11) is -3.41. The van der Waals surface area contributed by atoms with Crippen LogP contribution in [0.5, 0.6) is 0 Å². The van der Waals surface area contributed by atoms with Gasteiger partial charge < -0.3 is 19.5 Å². The quantitative estimate of drug-likeness (QED) is 0.360. The highest BCUT2D eigenvalue weighted by atomic mass is 32.2. The smallest absolute Gasteiger partial charge is 0.220 e. The first kappa shape index (κ1) is 22.3. The number of guanidine groups is 1. The Balaban J connectivity index is 1.46. The zero-order valence-electron chi connectivity index (χ0n) is 17.2. The van der Waals surface area contributed by atoms with Crippen molar-refractivity contribution in [3.63, 3.8) is 0 Å². The highest BCUT2D eigenvalue weighted by molar-refractivity contribution is 7.88. The van der Waals surface area contributed by atoms with E-state index in [2.05, 4.69) is 20.4 Å². The Kier molecular flexibility index (Phi) is 8.23. The van der Waals surface area contributed by atoms with Crippen molar-refractivity contribution < 1.29 is 17.7 Å². The summed E-state index contributed by atoms with van der Waals surface area (Å²) in [5.74, 6) is 0.644. The Morgan fingerprint density at radius 3 is 2.63 bits per heavy atom. The number of nitrogens with one attached hydrogen (secondary N) is 1. The molecule has 0 aliphatic carbocycles. The summed E-state index contributed by atoms with van der Waals surface area (Å²) in [4.78, 5) is 6.72. The number of sulfonamides is 1. The van der Waals surface area contributed by atoms with Gasteiger partial charge in [0.1, 0.15) is 12.0 Å². The molecule has 1 aromatic heterocycles. The second-order valence-corrected chi connectivity index (χ2v) is 8.88. The first-order valence-corrected chi connectivity index (χ1v) is 11.7. The van der Waals surface area contributed by atoms with E-state index in [1.54, 1.807) is 6.07 Å². The van der Waals surface area contributed by atoms with Crippen molar-refractivity contribution in [2.75, 3.05) is 45.9 Å². The second-order valence-electron chi connectivity index (χ2n) is 6.91. The number of nitrogens with zero attached hydrogens (tertiary/aromatic N) is 4. The molecule has 0 unspecified atom stereocenters. The minimum atomic E-state index is -3.41. The van der Waals surface area contributed by atoms with Gasteiger partial charge in [-0.15, -0.1) is 0 Å². The van der Waals surface area contributed by atoms with E-state index in [1.165, 1.54) is 10.6 Å². The molecule has 0 amide bonds. The van der Waals surface area contributed by atoms with Crippen LogP contribution in [-0.2, 0) is 27.1 Å². The Labute approximate surface area is 177 Å². The monoisotopic (exact) mass is 435 g/mol. The molecule has 0 saturated carbocycles. The third-order valence-corrected chi connectivity index (χ3v) is 6.51. The molecule has 3 rings (SSSR count). The van der Waals surface area contributed by atoms with Gasteiger partial charge in [-0.25, -0.2) is 8.42 Å². The summed E-state index contributed by atoms with van der Waals surface area (Å²) in [5.41, 5.74) is 1.55. The van der Waals surface area contributed by atoms with E-state index >= 15 is 0 Å². The van der Waals surface area contributed by atoms with Crippen LogP contribution in [0.15, 0.2) is 52.2 Å². The van der Waals surface area contributed by atoms with Crippen molar-refractivity contribution in [2.45, 2.75) is 19.3 Å². The number of benzene rings is 1. The van der Waals surface area contributed by atoms with Gasteiger partial charge >= 0.3 is 0 Å². The topological polar surface area (TPSA) is 100 Å². The van der Waals surface area contributed by atoms with Gasteiger partial charge in [-0.1, -0.05) is 35.5 Å². The van der Waals surface area contributed by atoms with E-state index in [4.69, 9.17) is 9.26 Å². The number of rotatable bonds is 9. The lowest BCUT2D eigenvalue weighted by molar-refractivity contribution is 0.128. The molecule has 0 radical (unpaired) electrons. The molecule has 2 aromatic rings. The third-order valence-electron chi connectivity index (χ3n) is 4.70. The third kappa shape index (κ3) is 6.54. The van der Waals surface area contributed by atoms with Crippen molar-refractivity contribution in [3.05, 3.63) is 53.9 Å². The average molecular weight is 436 g/mol. The number of piperazine rings is 1. The minimum Gasteiger partial charge on any atom is -0.375 e. The van der Waals surface area contributed by atoms with Crippen LogP contribution >= 0.6 is 0 Å². The van der Waals surface area contributed by atoms with Crippen LogP contribution in [0.1, 0.15) is 18.2 Å². The van der Waals surface area contributed by atoms with E-state index in [0.717, 1.165) is 18.1 Å². The Hall–Kier alpha value is -2.43. The largest absolute Gasteiger partial charge is 0.375 e. The molecule has 10 heteroatoms. The normalized spacial score (nSPS) is 16.0. The average Bonchev–Trinajstić information content (AvgIpc) is 3.26. The molecule has 1 saturated heterocycles. The maximum absolute atomic E-state index is 12.6. The van der Waals surface area contributed by atoms with Crippen LogP contribution in [0, 0.1) is 0 Å². The number of aliphatic imine (C=N–C) groups is 1.